The van der Waals surface area contributed by atoms with Gasteiger partial charge in [-0.15, -0.1) is 11.3 Å². The standard InChI is InChI=1S/C16H19N3O3S2/c1-9(14-10-4-7-23-12(10)3-6-22-14)17-15(20)19-16-18-11-2-5-21-8-13(11)24-16/h4,7,9,14H,2-3,5-6,8H2,1H3,(H2,17,18,19,20). The molecule has 2 aliphatic rings. The van der Waals surface area contributed by atoms with E-state index >= 15 is 0 Å². The Hall–Kier alpha value is -1.48. The zero-order chi connectivity index (χ0) is 16.5. The number of anilines is 1. The number of thiazole rings is 1. The van der Waals surface area contributed by atoms with Gasteiger partial charge in [0.25, 0.3) is 0 Å². The molecule has 2 aromatic heterocycles. The van der Waals surface area contributed by atoms with Gasteiger partial charge < -0.3 is 14.8 Å². The van der Waals surface area contributed by atoms with Crippen molar-refractivity contribution in [1.82, 2.24) is 10.3 Å². The number of nitrogens with zero attached hydrogens (tertiary/aromatic N) is 1. The fraction of sp³-hybridized carbons (Fsp3) is 0.500. The molecule has 0 radical (unpaired) electrons. The van der Waals surface area contributed by atoms with E-state index in [2.05, 4.69) is 27.1 Å². The molecule has 2 atom stereocenters. The molecule has 0 bridgehead atoms. The first-order chi connectivity index (χ1) is 11.7. The zero-order valence-corrected chi connectivity index (χ0v) is 15.0. The summed E-state index contributed by atoms with van der Waals surface area (Å²) in [7, 11) is 0. The van der Waals surface area contributed by atoms with Gasteiger partial charge in [0, 0.05) is 17.7 Å². The fourth-order valence-corrected chi connectivity index (χ4v) is 4.92. The smallest absolute Gasteiger partial charge is 0.321 e. The number of hydrogen-bond acceptors (Lipinski definition) is 6. The molecule has 2 amide bonds. The van der Waals surface area contributed by atoms with Crippen LogP contribution in [0.2, 0.25) is 0 Å². The summed E-state index contributed by atoms with van der Waals surface area (Å²) < 4.78 is 11.3. The van der Waals surface area contributed by atoms with Crippen LogP contribution in [0.3, 0.4) is 0 Å². The van der Waals surface area contributed by atoms with Crippen LogP contribution in [0, 0.1) is 0 Å². The van der Waals surface area contributed by atoms with E-state index in [-0.39, 0.29) is 18.2 Å². The van der Waals surface area contributed by atoms with Gasteiger partial charge in [-0.25, -0.2) is 9.78 Å². The third-order valence-corrected chi connectivity index (χ3v) is 6.22. The molecule has 2 aromatic rings. The number of hydrogen-bond donors (Lipinski definition) is 2. The van der Waals surface area contributed by atoms with Gasteiger partial charge in [-0.05, 0) is 23.9 Å². The van der Waals surface area contributed by atoms with Gasteiger partial charge in [0.05, 0.1) is 36.4 Å². The summed E-state index contributed by atoms with van der Waals surface area (Å²) in [4.78, 5) is 19.2. The van der Waals surface area contributed by atoms with Gasteiger partial charge in [-0.2, -0.15) is 0 Å². The Labute approximate surface area is 148 Å². The molecular weight excluding hydrogens is 346 g/mol. The molecule has 0 spiro atoms. The second kappa shape index (κ2) is 6.79. The molecule has 2 N–H and O–H groups in total. The van der Waals surface area contributed by atoms with Crippen LogP contribution in [0.4, 0.5) is 9.93 Å². The summed E-state index contributed by atoms with van der Waals surface area (Å²) >= 11 is 3.23. The first-order valence-corrected chi connectivity index (χ1v) is 9.72. The SMILES string of the molecule is CC(NC(=O)Nc1nc2c(s1)COCC2)C1OCCc2sccc21. The maximum absolute atomic E-state index is 12.3. The van der Waals surface area contributed by atoms with E-state index in [1.54, 1.807) is 11.3 Å². The number of carbonyl (C=O) groups excluding carboxylic acids is 1. The third kappa shape index (κ3) is 3.19. The number of thiophene rings is 1. The van der Waals surface area contributed by atoms with Crippen molar-refractivity contribution in [3.63, 3.8) is 0 Å². The second-order valence-corrected chi connectivity index (χ2v) is 8.00. The van der Waals surface area contributed by atoms with E-state index < -0.39 is 0 Å². The average molecular weight is 365 g/mol. The Morgan fingerprint density at radius 2 is 2.29 bits per heavy atom. The van der Waals surface area contributed by atoms with Crippen molar-refractivity contribution in [1.29, 1.82) is 0 Å². The molecule has 128 valence electrons. The quantitative estimate of drug-likeness (QED) is 0.877. The number of amides is 2. The molecule has 0 aromatic carbocycles. The molecule has 4 heterocycles. The van der Waals surface area contributed by atoms with Crippen LogP contribution in [0.1, 0.15) is 34.0 Å². The topological polar surface area (TPSA) is 72.5 Å². The van der Waals surface area contributed by atoms with Crippen LogP contribution in [0.15, 0.2) is 11.4 Å². The summed E-state index contributed by atoms with van der Waals surface area (Å²) in [5, 5.41) is 8.52. The lowest BCUT2D eigenvalue weighted by molar-refractivity contribution is 0.0238. The summed E-state index contributed by atoms with van der Waals surface area (Å²) in [5.41, 5.74) is 2.23. The zero-order valence-electron chi connectivity index (χ0n) is 13.3. The minimum Gasteiger partial charge on any atom is -0.375 e. The Morgan fingerprint density at radius 3 is 3.17 bits per heavy atom. The number of nitrogens with one attached hydrogen (secondary N) is 2. The van der Waals surface area contributed by atoms with E-state index in [4.69, 9.17) is 9.47 Å². The van der Waals surface area contributed by atoms with Gasteiger partial charge in [0.15, 0.2) is 5.13 Å². The van der Waals surface area contributed by atoms with Crippen molar-refractivity contribution >= 4 is 33.8 Å². The first kappa shape index (κ1) is 16.0. The van der Waals surface area contributed by atoms with Crippen LogP contribution < -0.4 is 10.6 Å². The summed E-state index contributed by atoms with van der Waals surface area (Å²) in [6, 6.07) is 1.73. The number of carbonyl (C=O) groups is 1. The minimum atomic E-state index is -0.250. The summed E-state index contributed by atoms with van der Waals surface area (Å²) in [6.07, 6.45) is 1.67. The number of urea groups is 1. The van der Waals surface area contributed by atoms with Crippen molar-refractivity contribution in [3.8, 4) is 0 Å². The minimum absolute atomic E-state index is 0.0938. The largest absolute Gasteiger partial charge is 0.375 e. The maximum Gasteiger partial charge on any atom is 0.321 e. The Bertz CT molecular complexity index is 719. The van der Waals surface area contributed by atoms with Crippen molar-refractivity contribution in [3.05, 3.63) is 32.5 Å². The maximum atomic E-state index is 12.3. The lowest BCUT2D eigenvalue weighted by Gasteiger charge is -2.29. The molecule has 0 saturated heterocycles. The summed E-state index contributed by atoms with van der Waals surface area (Å²) in [6.45, 7) is 3.95. The number of ether oxygens (including phenoxy) is 2. The second-order valence-electron chi connectivity index (χ2n) is 5.92. The van der Waals surface area contributed by atoms with E-state index in [1.165, 1.54) is 21.8 Å². The Balaban J connectivity index is 1.39. The molecule has 0 fully saturated rings. The fourth-order valence-electron chi connectivity index (χ4n) is 3.08. The van der Waals surface area contributed by atoms with Crippen LogP contribution in [0.25, 0.3) is 0 Å². The van der Waals surface area contributed by atoms with Crippen LogP contribution in [-0.4, -0.2) is 30.3 Å². The highest BCUT2D eigenvalue weighted by atomic mass is 32.1. The Morgan fingerprint density at radius 1 is 1.38 bits per heavy atom. The van der Waals surface area contributed by atoms with E-state index in [0.717, 1.165) is 23.4 Å². The van der Waals surface area contributed by atoms with Gasteiger partial charge in [-0.3, -0.25) is 5.32 Å². The predicted octanol–water partition coefficient (Wildman–Crippen LogP) is 3.10. The Kier molecular flexibility index (Phi) is 4.53. The van der Waals surface area contributed by atoms with Gasteiger partial charge in [0.2, 0.25) is 0 Å². The van der Waals surface area contributed by atoms with Crippen LogP contribution in [-0.2, 0) is 28.9 Å². The van der Waals surface area contributed by atoms with E-state index in [9.17, 15) is 4.79 Å². The van der Waals surface area contributed by atoms with Gasteiger partial charge >= 0.3 is 6.03 Å². The van der Waals surface area contributed by atoms with Gasteiger partial charge in [0.1, 0.15) is 6.10 Å². The highest BCUT2D eigenvalue weighted by Crippen LogP contribution is 2.33. The molecule has 24 heavy (non-hydrogen) atoms. The molecule has 2 aliphatic heterocycles. The van der Waals surface area contributed by atoms with Gasteiger partial charge in [-0.1, -0.05) is 11.3 Å². The van der Waals surface area contributed by atoms with Crippen molar-refractivity contribution in [2.45, 2.75) is 38.5 Å². The lowest BCUT2D eigenvalue weighted by Crippen LogP contribution is -2.41. The first-order valence-electron chi connectivity index (χ1n) is 8.02. The van der Waals surface area contributed by atoms with Crippen molar-refractivity contribution in [2.75, 3.05) is 18.5 Å². The van der Waals surface area contributed by atoms with Crippen molar-refractivity contribution in [2.24, 2.45) is 0 Å². The number of rotatable bonds is 3. The average Bonchev–Trinajstić information content (AvgIpc) is 3.19. The molecule has 8 heteroatoms. The lowest BCUT2D eigenvalue weighted by atomic mass is 10.0. The highest BCUT2D eigenvalue weighted by Gasteiger charge is 2.28. The highest BCUT2D eigenvalue weighted by molar-refractivity contribution is 7.15. The molecule has 4 rings (SSSR count). The molecular formula is C16H19N3O3S2. The molecule has 0 aliphatic carbocycles. The monoisotopic (exact) mass is 365 g/mol. The normalized spacial score (nSPS) is 20.8. The van der Waals surface area contributed by atoms with Crippen LogP contribution in [0.5, 0.6) is 0 Å². The van der Waals surface area contributed by atoms with Crippen LogP contribution >= 0.6 is 22.7 Å². The predicted molar refractivity (Wildman–Crippen MR) is 93.8 cm³/mol. The van der Waals surface area contributed by atoms with Crippen molar-refractivity contribution < 1.29 is 14.3 Å². The molecule has 0 saturated carbocycles. The van der Waals surface area contributed by atoms with E-state index in [1.807, 2.05) is 6.92 Å². The van der Waals surface area contributed by atoms with E-state index in [0.29, 0.717) is 25.0 Å². The number of aromatic nitrogens is 1. The molecule has 2 unspecified atom stereocenters. The molecule has 6 nitrogen and oxygen atoms in total. The number of fused-ring (bicyclic) bond motifs is 2. The third-order valence-electron chi connectivity index (χ3n) is 4.24. The summed E-state index contributed by atoms with van der Waals surface area (Å²) in [5.74, 6) is 0.